The molecule has 1 heterocycles. The number of amides is 1. The summed E-state index contributed by atoms with van der Waals surface area (Å²) in [5, 5.41) is 2.85. The molecule has 2 aromatic carbocycles. The van der Waals surface area contributed by atoms with Crippen molar-refractivity contribution in [3.05, 3.63) is 65.0 Å². The van der Waals surface area contributed by atoms with E-state index in [0.29, 0.717) is 12.1 Å². The third-order valence-corrected chi connectivity index (χ3v) is 13.8. The molecule has 6 nitrogen and oxygen atoms in total. The lowest BCUT2D eigenvalue weighted by molar-refractivity contribution is -0.348. The molecule has 0 aromatic heterocycles. The van der Waals surface area contributed by atoms with E-state index in [-0.39, 0.29) is 72.5 Å². The molecule has 0 radical (unpaired) electrons. The average Bonchev–Trinajstić information content (AvgIpc) is 3.21. The molecule has 248 valence electrons. The molecule has 1 N–H and O–H groups in total. The van der Waals surface area contributed by atoms with Crippen LogP contribution in [0.15, 0.2) is 47.4 Å². The largest absolute Gasteiger partial charge is 0.435 e. The molecule has 2 aliphatic carbocycles. The van der Waals surface area contributed by atoms with Crippen LogP contribution in [-0.4, -0.2) is 52.6 Å². The van der Waals surface area contributed by atoms with Crippen molar-refractivity contribution >= 4 is 25.6 Å². The van der Waals surface area contributed by atoms with Crippen LogP contribution in [0.5, 0.6) is 0 Å². The lowest BCUT2D eigenvalue weighted by Gasteiger charge is -2.38. The van der Waals surface area contributed by atoms with Crippen LogP contribution in [0.3, 0.4) is 0 Å². The van der Waals surface area contributed by atoms with Crippen molar-refractivity contribution in [2.24, 2.45) is 11.8 Å². The number of rotatable bonds is 5. The molecule has 1 aliphatic heterocycles. The number of alkyl halides is 7. The fourth-order valence-electron chi connectivity index (χ4n) is 7.21. The Morgan fingerprint density at radius 2 is 1.47 bits per heavy atom. The van der Waals surface area contributed by atoms with Crippen LogP contribution in [0.2, 0.25) is 0 Å². The molecule has 2 fully saturated rings. The first-order valence-corrected chi connectivity index (χ1v) is 17.5. The summed E-state index contributed by atoms with van der Waals surface area (Å²) in [6.45, 7) is 0. The molecule has 3 atom stereocenters. The van der Waals surface area contributed by atoms with Crippen LogP contribution >= 0.6 is 0 Å². The minimum Gasteiger partial charge on any atom is -0.353 e. The third kappa shape index (κ3) is 5.52. The van der Waals surface area contributed by atoms with E-state index in [9.17, 15) is 52.4 Å². The highest BCUT2D eigenvalue weighted by molar-refractivity contribution is 7.92. The quantitative estimate of drug-likeness (QED) is 0.315. The fraction of sp³-hybridized carbons (Fsp3) is 0.552. The molecular weight excluding hydrogens is 658 g/mol. The summed E-state index contributed by atoms with van der Waals surface area (Å²) in [5.41, 5.74) is -7.77. The molecule has 0 bridgehead atoms. The van der Waals surface area contributed by atoms with E-state index in [1.807, 2.05) is 0 Å². The van der Waals surface area contributed by atoms with Gasteiger partial charge in [-0.3, -0.25) is 4.79 Å². The maximum Gasteiger partial charge on any atom is 0.435 e. The summed E-state index contributed by atoms with van der Waals surface area (Å²) in [7, 11) is -7.85. The second kappa shape index (κ2) is 11.2. The molecule has 45 heavy (non-hydrogen) atoms. The Kier molecular flexibility index (Phi) is 8.36. The summed E-state index contributed by atoms with van der Waals surface area (Å²) in [4.78, 5) is 12.9. The number of nitrogens with one attached hydrogen (secondary N) is 1. The first-order chi connectivity index (χ1) is 20.7. The number of sulfone groups is 2. The summed E-state index contributed by atoms with van der Waals surface area (Å²) in [6, 6.07) is 4.53. The van der Waals surface area contributed by atoms with Crippen LogP contribution in [0.1, 0.15) is 55.2 Å². The van der Waals surface area contributed by atoms with Gasteiger partial charge in [0.2, 0.25) is 5.91 Å². The van der Waals surface area contributed by atoms with Gasteiger partial charge in [-0.05, 0) is 80.3 Å². The number of carbonyl (C=O) groups excluding carboxylic acids is 1. The number of aryl methyl sites for hydroxylation is 1. The maximum absolute atomic E-state index is 15.1. The van der Waals surface area contributed by atoms with Gasteiger partial charge in [-0.1, -0.05) is 18.2 Å². The Bertz CT molecular complexity index is 1660. The normalized spacial score (nSPS) is 26.0. The lowest BCUT2D eigenvalue weighted by atomic mass is 9.82. The highest BCUT2D eigenvalue weighted by Crippen LogP contribution is 2.58. The van der Waals surface area contributed by atoms with E-state index >= 15 is 4.39 Å². The van der Waals surface area contributed by atoms with Gasteiger partial charge in [0.15, 0.2) is 9.84 Å². The van der Waals surface area contributed by atoms with Crippen molar-refractivity contribution in [1.82, 2.24) is 5.32 Å². The number of halogens is 8. The van der Waals surface area contributed by atoms with Gasteiger partial charge in [0, 0.05) is 23.4 Å². The number of hydrogen-bond acceptors (Lipinski definition) is 5. The van der Waals surface area contributed by atoms with Gasteiger partial charge in [-0.15, -0.1) is 0 Å². The molecule has 2 aromatic rings. The fourth-order valence-corrected chi connectivity index (χ4v) is 11.2. The number of fused-ring (bicyclic) bond motifs is 3. The maximum atomic E-state index is 15.1. The highest BCUT2D eigenvalue weighted by atomic mass is 32.2. The van der Waals surface area contributed by atoms with Gasteiger partial charge in [-0.2, -0.15) is 26.3 Å². The summed E-state index contributed by atoms with van der Waals surface area (Å²) < 4.78 is 161. The Labute approximate surface area is 254 Å². The molecule has 0 unspecified atom stereocenters. The number of benzene rings is 2. The van der Waals surface area contributed by atoms with Crippen molar-refractivity contribution < 1.29 is 56.8 Å². The van der Waals surface area contributed by atoms with Gasteiger partial charge in [0.1, 0.15) is 20.4 Å². The smallest absolute Gasteiger partial charge is 0.353 e. The van der Waals surface area contributed by atoms with E-state index < -0.39 is 77.6 Å². The molecule has 16 heteroatoms. The van der Waals surface area contributed by atoms with Crippen molar-refractivity contribution in [2.75, 3.05) is 11.5 Å². The minimum absolute atomic E-state index is 0.0567. The molecule has 5 rings (SSSR count). The van der Waals surface area contributed by atoms with Crippen LogP contribution in [0, 0.1) is 17.7 Å². The highest BCUT2D eigenvalue weighted by Gasteiger charge is 2.73. The topological polar surface area (TPSA) is 97.4 Å². The van der Waals surface area contributed by atoms with Gasteiger partial charge < -0.3 is 5.32 Å². The predicted octanol–water partition coefficient (Wildman–Crippen LogP) is 5.84. The van der Waals surface area contributed by atoms with E-state index in [0.717, 1.165) is 30.3 Å². The van der Waals surface area contributed by atoms with E-state index in [4.69, 9.17) is 0 Å². The zero-order valence-electron chi connectivity index (χ0n) is 23.5. The van der Waals surface area contributed by atoms with Crippen LogP contribution in [-0.2, 0) is 41.3 Å². The Morgan fingerprint density at radius 3 is 2.04 bits per heavy atom. The van der Waals surface area contributed by atoms with Crippen molar-refractivity contribution in [3.8, 4) is 0 Å². The van der Waals surface area contributed by atoms with Crippen LogP contribution in [0.4, 0.5) is 35.1 Å². The van der Waals surface area contributed by atoms with Crippen molar-refractivity contribution in [2.45, 2.75) is 78.7 Å². The second-order valence-electron chi connectivity index (χ2n) is 12.0. The number of carbonyl (C=O) groups is 1. The van der Waals surface area contributed by atoms with Crippen LogP contribution < -0.4 is 5.32 Å². The van der Waals surface area contributed by atoms with E-state index in [1.54, 1.807) is 0 Å². The lowest BCUT2D eigenvalue weighted by Crippen LogP contribution is -2.50. The molecule has 1 saturated carbocycles. The SMILES string of the molecule is O=C(N[C@@H]1CC[C@@]2(S(=O)(=O)c3ccc(F)cc3)c3ccc(C(F)(C(F)(F)F)C(F)(F)F)cc3CCC[C@@H]12)C1CCS(=O)(=O)CC1. The predicted molar refractivity (Wildman–Crippen MR) is 146 cm³/mol. The van der Waals surface area contributed by atoms with Gasteiger partial charge >= 0.3 is 18.0 Å². The average molecular weight is 688 g/mol. The number of hydrogen-bond donors (Lipinski definition) is 1. The minimum atomic E-state index is -6.37. The zero-order valence-corrected chi connectivity index (χ0v) is 25.2. The van der Waals surface area contributed by atoms with Gasteiger partial charge in [0.25, 0.3) is 0 Å². The van der Waals surface area contributed by atoms with Crippen molar-refractivity contribution in [1.29, 1.82) is 0 Å². The summed E-state index contributed by atoms with van der Waals surface area (Å²) >= 11 is 0. The van der Waals surface area contributed by atoms with Gasteiger partial charge in [0.05, 0.1) is 16.4 Å². The van der Waals surface area contributed by atoms with Crippen LogP contribution in [0.25, 0.3) is 0 Å². The second-order valence-corrected chi connectivity index (χ2v) is 16.5. The zero-order chi connectivity index (χ0) is 33.2. The first-order valence-electron chi connectivity index (χ1n) is 14.2. The van der Waals surface area contributed by atoms with Gasteiger partial charge in [-0.25, -0.2) is 25.6 Å². The first kappa shape index (κ1) is 33.6. The summed E-state index contributed by atoms with van der Waals surface area (Å²) in [5.74, 6) is -3.19. The third-order valence-electron chi connectivity index (χ3n) is 9.47. The van der Waals surface area contributed by atoms with Crippen molar-refractivity contribution in [3.63, 3.8) is 0 Å². The monoisotopic (exact) mass is 687 g/mol. The molecule has 1 amide bonds. The standard InChI is InChI=1S/C29H29F8NO5S2/c30-20-5-7-21(8-6-20)45(42,43)26-13-10-24(38-25(39)17-11-14-44(40,41)15-12-17)23(26)3-1-2-18-16-19(4-9-22(18)26)27(31,28(32,33)34)29(35,36)37/h4-9,16-17,23-24H,1-3,10-15H2,(H,38,39)/t23-,24+,26+/m0/s1. The van der Waals surface area contributed by atoms with E-state index in [1.165, 1.54) is 0 Å². The molecule has 3 aliphatic rings. The Morgan fingerprint density at radius 1 is 0.867 bits per heavy atom. The Balaban J connectivity index is 1.63. The molecule has 0 spiro atoms. The Hall–Kier alpha value is -2.75. The molecular formula is C29H29F8NO5S2. The molecule has 1 saturated heterocycles. The summed E-state index contributed by atoms with van der Waals surface area (Å²) in [6.07, 6.45) is -12.8. The van der Waals surface area contributed by atoms with E-state index in [2.05, 4.69) is 5.32 Å².